The van der Waals surface area contributed by atoms with Gasteiger partial charge in [-0.2, -0.15) is 5.10 Å². The first-order chi connectivity index (χ1) is 16.5. The molecule has 3 aromatic rings. The van der Waals surface area contributed by atoms with E-state index in [2.05, 4.69) is 17.5 Å². The summed E-state index contributed by atoms with van der Waals surface area (Å²) in [5.74, 6) is -0.109. The van der Waals surface area contributed by atoms with Gasteiger partial charge >= 0.3 is 0 Å². The van der Waals surface area contributed by atoms with Crippen LogP contribution in [0.25, 0.3) is 0 Å². The van der Waals surface area contributed by atoms with Gasteiger partial charge in [-0.25, -0.2) is 5.43 Å². The van der Waals surface area contributed by atoms with Crippen molar-refractivity contribution in [2.45, 2.75) is 26.4 Å². The lowest BCUT2D eigenvalue weighted by Crippen LogP contribution is -2.30. The maximum Gasteiger partial charge on any atom is 0.245 e. The van der Waals surface area contributed by atoms with Crippen LogP contribution in [0.5, 0.6) is 5.75 Å². The van der Waals surface area contributed by atoms with Gasteiger partial charge in [-0.15, -0.1) is 0 Å². The normalized spacial score (nSPS) is 15.6. The van der Waals surface area contributed by atoms with Crippen molar-refractivity contribution in [1.29, 1.82) is 0 Å². The van der Waals surface area contributed by atoms with Gasteiger partial charge in [-0.3, -0.25) is 9.59 Å². The van der Waals surface area contributed by atoms with E-state index in [0.29, 0.717) is 23.9 Å². The zero-order valence-corrected chi connectivity index (χ0v) is 19.7. The average molecular weight is 476 g/mol. The summed E-state index contributed by atoms with van der Waals surface area (Å²) in [6.45, 7) is 2.78. The van der Waals surface area contributed by atoms with Crippen molar-refractivity contribution in [3.63, 3.8) is 0 Å². The zero-order chi connectivity index (χ0) is 23.9. The van der Waals surface area contributed by atoms with Crippen LogP contribution in [-0.2, 0) is 22.6 Å². The Hall–Kier alpha value is -3.64. The first kappa shape index (κ1) is 23.5. The van der Waals surface area contributed by atoms with Gasteiger partial charge in [0.05, 0.1) is 12.1 Å². The fourth-order valence-electron chi connectivity index (χ4n) is 3.77. The summed E-state index contributed by atoms with van der Waals surface area (Å²) in [6.07, 6.45) is 2.66. The van der Waals surface area contributed by atoms with E-state index in [4.69, 9.17) is 16.3 Å². The molecule has 1 fully saturated rings. The van der Waals surface area contributed by atoms with Crippen LogP contribution in [0.2, 0.25) is 5.02 Å². The van der Waals surface area contributed by atoms with Crippen LogP contribution in [0.4, 0.5) is 5.69 Å². The van der Waals surface area contributed by atoms with Crippen molar-refractivity contribution < 1.29 is 14.3 Å². The fraction of sp³-hybridized carbons (Fsp3) is 0.222. The molecule has 4 rings (SSSR count). The number of nitrogens with one attached hydrogen (secondary N) is 1. The van der Waals surface area contributed by atoms with Gasteiger partial charge in [-0.1, -0.05) is 61.0 Å². The summed E-state index contributed by atoms with van der Waals surface area (Å²) in [5, 5.41) is 4.73. The number of hydrogen-bond donors (Lipinski definition) is 1. The van der Waals surface area contributed by atoms with Crippen molar-refractivity contribution in [2.75, 3.05) is 11.4 Å². The molecule has 174 valence electrons. The molecule has 0 spiro atoms. The monoisotopic (exact) mass is 475 g/mol. The minimum Gasteiger partial charge on any atom is -0.489 e. The van der Waals surface area contributed by atoms with Crippen LogP contribution in [0.3, 0.4) is 0 Å². The van der Waals surface area contributed by atoms with E-state index >= 15 is 0 Å². The second-order valence-electron chi connectivity index (χ2n) is 8.11. The summed E-state index contributed by atoms with van der Waals surface area (Å²) in [7, 11) is 0. The molecular formula is C27H26ClN3O3. The topological polar surface area (TPSA) is 71.0 Å². The number of carbonyl (C=O) groups is 2. The SMILES string of the molecule is CCc1ccc(N2C[C@@H](C(=O)N/N=C/c3cccc(OCc4ccccc4Cl)c3)CC2=O)cc1. The molecule has 1 heterocycles. The Balaban J connectivity index is 1.31. The Kier molecular flexibility index (Phi) is 7.60. The number of amides is 2. The highest BCUT2D eigenvalue weighted by atomic mass is 35.5. The van der Waals surface area contributed by atoms with Crippen LogP contribution in [0.15, 0.2) is 77.9 Å². The van der Waals surface area contributed by atoms with E-state index < -0.39 is 5.92 Å². The Morgan fingerprint density at radius 2 is 1.94 bits per heavy atom. The second-order valence-corrected chi connectivity index (χ2v) is 8.52. The molecule has 1 aliphatic rings. The Morgan fingerprint density at radius 3 is 2.71 bits per heavy atom. The molecule has 1 N–H and O–H groups in total. The molecule has 7 heteroatoms. The first-order valence-electron chi connectivity index (χ1n) is 11.2. The Morgan fingerprint density at radius 1 is 1.15 bits per heavy atom. The number of halogens is 1. The number of hydrazone groups is 1. The molecule has 34 heavy (non-hydrogen) atoms. The van der Waals surface area contributed by atoms with Crippen molar-refractivity contribution in [2.24, 2.45) is 11.0 Å². The second kappa shape index (κ2) is 11.0. The van der Waals surface area contributed by atoms with Crippen LogP contribution >= 0.6 is 11.6 Å². The van der Waals surface area contributed by atoms with E-state index in [1.54, 1.807) is 11.1 Å². The van der Waals surface area contributed by atoms with E-state index in [9.17, 15) is 9.59 Å². The summed E-state index contributed by atoms with van der Waals surface area (Å²) >= 11 is 6.17. The van der Waals surface area contributed by atoms with Crippen LogP contribution in [-0.4, -0.2) is 24.6 Å². The standard InChI is InChI=1S/C27H26ClN3O3/c1-2-19-10-12-23(13-11-19)31-17-22(15-26(31)32)27(33)30-29-16-20-6-5-8-24(14-20)34-18-21-7-3-4-9-25(21)28/h3-14,16,22H,2,15,17-18H2,1H3,(H,30,33)/b29-16+/t22-/m0/s1. The zero-order valence-electron chi connectivity index (χ0n) is 18.9. The van der Waals surface area contributed by atoms with Gasteiger partial charge < -0.3 is 9.64 Å². The maximum absolute atomic E-state index is 12.6. The number of hydrogen-bond acceptors (Lipinski definition) is 4. The molecule has 0 saturated carbocycles. The maximum atomic E-state index is 12.6. The predicted molar refractivity (Wildman–Crippen MR) is 134 cm³/mol. The fourth-order valence-corrected chi connectivity index (χ4v) is 3.96. The molecule has 0 bridgehead atoms. The lowest BCUT2D eigenvalue weighted by Gasteiger charge is -2.16. The summed E-state index contributed by atoms with van der Waals surface area (Å²) in [5.41, 5.74) is 6.26. The third kappa shape index (κ3) is 5.83. The number of benzene rings is 3. The molecule has 6 nitrogen and oxygen atoms in total. The Labute approximate surface area is 204 Å². The third-order valence-electron chi connectivity index (χ3n) is 5.75. The third-order valence-corrected chi connectivity index (χ3v) is 6.12. The minimum atomic E-state index is -0.444. The summed E-state index contributed by atoms with van der Waals surface area (Å²) in [6, 6.07) is 22.8. The summed E-state index contributed by atoms with van der Waals surface area (Å²) < 4.78 is 5.83. The van der Waals surface area contributed by atoms with Crippen molar-refractivity contribution in [3.8, 4) is 5.75 Å². The molecule has 0 aromatic heterocycles. The first-order valence-corrected chi connectivity index (χ1v) is 11.6. The molecule has 1 saturated heterocycles. The number of ether oxygens (including phenoxy) is 1. The smallest absolute Gasteiger partial charge is 0.245 e. The highest BCUT2D eigenvalue weighted by molar-refractivity contribution is 6.31. The molecule has 0 unspecified atom stereocenters. The van der Waals surface area contributed by atoms with E-state index in [0.717, 1.165) is 23.2 Å². The molecule has 1 atom stereocenters. The van der Waals surface area contributed by atoms with Gasteiger partial charge in [0.15, 0.2) is 0 Å². The van der Waals surface area contributed by atoms with Gasteiger partial charge in [-0.05, 0) is 47.9 Å². The summed E-state index contributed by atoms with van der Waals surface area (Å²) in [4.78, 5) is 26.7. The van der Waals surface area contributed by atoms with Crippen molar-refractivity contribution in [1.82, 2.24) is 5.43 Å². The number of anilines is 1. The van der Waals surface area contributed by atoms with Crippen molar-refractivity contribution >= 4 is 35.3 Å². The molecular weight excluding hydrogens is 450 g/mol. The van der Waals surface area contributed by atoms with Gasteiger partial charge in [0.1, 0.15) is 12.4 Å². The average Bonchev–Trinajstić information content (AvgIpc) is 3.25. The van der Waals surface area contributed by atoms with Gasteiger partial charge in [0.2, 0.25) is 11.8 Å². The minimum absolute atomic E-state index is 0.0586. The van der Waals surface area contributed by atoms with Gasteiger partial charge in [0, 0.05) is 29.2 Å². The number of nitrogens with zero attached hydrogens (tertiary/aromatic N) is 2. The number of aryl methyl sites for hydroxylation is 1. The number of carbonyl (C=O) groups excluding carboxylic acids is 2. The highest BCUT2D eigenvalue weighted by Crippen LogP contribution is 2.25. The lowest BCUT2D eigenvalue weighted by molar-refractivity contribution is -0.126. The van der Waals surface area contributed by atoms with E-state index in [1.807, 2.05) is 72.8 Å². The quantitative estimate of drug-likeness (QED) is 0.369. The molecule has 0 aliphatic carbocycles. The highest BCUT2D eigenvalue weighted by Gasteiger charge is 2.35. The molecule has 0 radical (unpaired) electrons. The number of rotatable bonds is 8. The van der Waals surface area contributed by atoms with Gasteiger partial charge in [0.25, 0.3) is 0 Å². The van der Waals surface area contributed by atoms with Crippen LogP contribution in [0.1, 0.15) is 30.0 Å². The predicted octanol–water partition coefficient (Wildman–Crippen LogP) is 4.98. The van der Waals surface area contributed by atoms with Crippen molar-refractivity contribution in [3.05, 3.63) is 94.5 Å². The Bertz CT molecular complexity index is 1190. The molecule has 1 aliphatic heterocycles. The largest absolute Gasteiger partial charge is 0.489 e. The van der Waals surface area contributed by atoms with E-state index in [1.165, 1.54) is 5.56 Å². The molecule has 2 amide bonds. The lowest BCUT2D eigenvalue weighted by atomic mass is 10.1. The van der Waals surface area contributed by atoms with E-state index in [-0.39, 0.29) is 18.2 Å². The van der Waals surface area contributed by atoms with Crippen LogP contribution < -0.4 is 15.1 Å². The van der Waals surface area contributed by atoms with Crippen LogP contribution in [0, 0.1) is 5.92 Å². The molecule has 3 aromatic carbocycles.